The first-order chi connectivity index (χ1) is 9.27. The van der Waals surface area contributed by atoms with Gasteiger partial charge in [0.05, 0.1) is 11.4 Å². The molecule has 1 fully saturated rings. The smallest absolute Gasteiger partial charge is 0.0812 e. The van der Waals surface area contributed by atoms with Crippen molar-refractivity contribution in [1.29, 1.82) is 0 Å². The molecule has 0 N–H and O–H groups in total. The maximum absolute atomic E-state index is 2.58. The maximum atomic E-state index is 2.58. The molecule has 1 aliphatic heterocycles. The molecule has 0 aromatic heterocycles. The second-order valence-corrected chi connectivity index (χ2v) is 6.41. The Morgan fingerprint density at radius 1 is 0.895 bits per heavy atom. The highest BCUT2D eigenvalue weighted by Crippen LogP contribution is 2.52. The predicted octanol–water partition coefficient (Wildman–Crippen LogP) is 4.57. The Bertz CT molecular complexity index is 523. The molecule has 1 nitrogen and oxygen atoms in total. The quantitative estimate of drug-likeness (QED) is 0.748. The van der Waals surface area contributed by atoms with Crippen molar-refractivity contribution in [3.8, 4) is 0 Å². The molecule has 0 spiro atoms. The van der Waals surface area contributed by atoms with Gasteiger partial charge in [-0.05, 0) is 31.5 Å². The lowest BCUT2D eigenvalue weighted by Crippen LogP contribution is -2.11. The number of nitrogens with zero attached hydrogens (tertiary/aromatic N) is 1. The summed E-state index contributed by atoms with van der Waals surface area (Å²) in [6.07, 6.45) is 0. The van der Waals surface area contributed by atoms with E-state index in [0.717, 1.165) is 0 Å². The molecule has 3 atom stereocenters. The van der Waals surface area contributed by atoms with Crippen LogP contribution in [0.5, 0.6) is 0 Å². The summed E-state index contributed by atoms with van der Waals surface area (Å²) in [5.41, 5.74) is 1.43. The van der Waals surface area contributed by atoms with Crippen molar-refractivity contribution < 1.29 is 0 Å². The zero-order valence-electron chi connectivity index (χ0n) is 11.4. The van der Waals surface area contributed by atoms with Crippen LogP contribution >= 0.6 is 11.8 Å². The second kappa shape index (κ2) is 5.40. The van der Waals surface area contributed by atoms with Crippen molar-refractivity contribution in [2.24, 2.45) is 0 Å². The summed E-state index contributed by atoms with van der Waals surface area (Å²) in [5, 5.41) is 0.574. The first-order valence-corrected chi connectivity index (χ1v) is 7.69. The fourth-order valence-corrected chi connectivity index (χ4v) is 4.04. The fraction of sp³-hybridized carbons (Fsp3) is 0.294. The van der Waals surface area contributed by atoms with Gasteiger partial charge < -0.3 is 0 Å². The Labute approximate surface area is 119 Å². The highest BCUT2D eigenvalue weighted by Gasteiger charge is 2.50. The number of hydrogen-bond donors (Lipinski definition) is 0. The van der Waals surface area contributed by atoms with Crippen molar-refractivity contribution in [2.75, 3.05) is 0 Å². The molecule has 2 aromatic carbocycles. The summed E-state index contributed by atoms with van der Waals surface area (Å²) in [6, 6.07) is 22.7. The van der Waals surface area contributed by atoms with Crippen molar-refractivity contribution in [1.82, 2.24) is 4.90 Å². The number of hydrogen-bond acceptors (Lipinski definition) is 2. The fourth-order valence-electron chi connectivity index (χ4n) is 2.59. The minimum Gasteiger partial charge on any atom is -0.278 e. The van der Waals surface area contributed by atoms with E-state index in [1.807, 2.05) is 11.8 Å². The van der Waals surface area contributed by atoms with E-state index in [4.69, 9.17) is 0 Å². The van der Waals surface area contributed by atoms with Crippen molar-refractivity contribution in [3.05, 3.63) is 66.2 Å². The van der Waals surface area contributed by atoms with Crippen molar-refractivity contribution in [3.63, 3.8) is 0 Å². The standard InChI is InChI=1S/C17H19NS/c1-13(2)18-16(14-9-5-3-6-10-14)17(18)19-15-11-7-4-8-12-15/h3-13,16-17H,1-2H3. The molecule has 0 bridgehead atoms. The van der Waals surface area contributed by atoms with E-state index in [9.17, 15) is 0 Å². The third-order valence-electron chi connectivity index (χ3n) is 3.53. The number of rotatable bonds is 4. The van der Waals surface area contributed by atoms with Gasteiger partial charge in [-0.25, -0.2) is 0 Å². The largest absolute Gasteiger partial charge is 0.278 e. The van der Waals surface area contributed by atoms with Gasteiger partial charge in [-0.2, -0.15) is 0 Å². The average Bonchev–Trinajstić information content (AvgIpc) is 3.15. The van der Waals surface area contributed by atoms with E-state index in [1.165, 1.54) is 10.5 Å². The van der Waals surface area contributed by atoms with Crippen LogP contribution in [0, 0.1) is 0 Å². The first-order valence-electron chi connectivity index (χ1n) is 6.81. The molecular formula is C17H19NS. The van der Waals surface area contributed by atoms with E-state index in [2.05, 4.69) is 79.4 Å². The van der Waals surface area contributed by atoms with Gasteiger partial charge in [0.2, 0.25) is 0 Å². The van der Waals surface area contributed by atoms with Gasteiger partial charge in [0.25, 0.3) is 0 Å². The van der Waals surface area contributed by atoms with Crippen LogP contribution < -0.4 is 0 Å². The molecule has 3 rings (SSSR count). The molecule has 1 saturated heterocycles. The lowest BCUT2D eigenvalue weighted by Gasteiger charge is -2.07. The normalized spacial score (nSPS) is 25.5. The van der Waals surface area contributed by atoms with Gasteiger partial charge in [0.1, 0.15) is 0 Å². The van der Waals surface area contributed by atoms with Crippen LogP contribution in [0.25, 0.3) is 0 Å². The molecule has 3 unspecified atom stereocenters. The zero-order valence-corrected chi connectivity index (χ0v) is 12.2. The van der Waals surface area contributed by atoms with Crippen LogP contribution in [0.15, 0.2) is 65.6 Å². The van der Waals surface area contributed by atoms with Crippen molar-refractivity contribution in [2.45, 2.75) is 36.2 Å². The Morgan fingerprint density at radius 2 is 1.47 bits per heavy atom. The molecule has 0 amide bonds. The van der Waals surface area contributed by atoms with Gasteiger partial charge in [-0.3, -0.25) is 4.90 Å². The lowest BCUT2D eigenvalue weighted by molar-refractivity contribution is 0.419. The van der Waals surface area contributed by atoms with Gasteiger partial charge in [-0.1, -0.05) is 48.5 Å². The van der Waals surface area contributed by atoms with E-state index >= 15 is 0 Å². The van der Waals surface area contributed by atoms with Crippen LogP contribution in [0.1, 0.15) is 25.5 Å². The summed E-state index contributed by atoms with van der Waals surface area (Å²) in [5.74, 6) is 0. The molecule has 98 valence electrons. The summed E-state index contributed by atoms with van der Waals surface area (Å²) in [6.45, 7) is 4.56. The zero-order chi connectivity index (χ0) is 13.2. The summed E-state index contributed by atoms with van der Waals surface area (Å²) in [4.78, 5) is 3.93. The van der Waals surface area contributed by atoms with Crippen LogP contribution in [-0.4, -0.2) is 16.3 Å². The van der Waals surface area contributed by atoms with E-state index in [1.54, 1.807) is 0 Å². The highest BCUT2D eigenvalue weighted by molar-refractivity contribution is 8.00. The predicted molar refractivity (Wildman–Crippen MR) is 82.2 cm³/mol. The Balaban J connectivity index is 1.78. The Hall–Kier alpha value is -1.25. The molecule has 1 aliphatic rings. The topological polar surface area (TPSA) is 3.01 Å². The SMILES string of the molecule is CC(C)N1C(Sc2ccccc2)C1c1ccccc1. The Morgan fingerprint density at radius 3 is 2.05 bits per heavy atom. The van der Waals surface area contributed by atoms with Crippen LogP contribution in [0.2, 0.25) is 0 Å². The summed E-state index contributed by atoms with van der Waals surface area (Å²) in [7, 11) is 0. The maximum Gasteiger partial charge on any atom is 0.0812 e. The van der Waals surface area contributed by atoms with Gasteiger partial charge in [0, 0.05) is 10.9 Å². The summed E-state index contributed by atoms with van der Waals surface area (Å²) >= 11 is 1.97. The molecule has 0 aliphatic carbocycles. The second-order valence-electron chi connectivity index (χ2n) is 5.22. The van der Waals surface area contributed by atoms with E-state index < -0.39 is 0 Å². The average molecular weight is 269 g/mol. The molecule has 2 aromatic rings. The molecule has 1 heterocycles. The third-order valence-corrected chi connectivity index (χ3v) is 4.82. The molecule has 0 saturated carbocycles. The third kappa shape index (κ3) is 2.70. The van der Waals surface area contributed by atoms with Gasteiger partial charge in [-0.15, -0.1) is 11.8 Å². The Kier molecular flexibility index (Phi) is 3.63. The molecule has 0 radical (unpaired) electrons. The number of benzene rings is 2. The van der Waals surface area contributed by atoms with Crippen LogP contribution in [0.3, 0.4) is 0 Å². The van der Waals surface area contributed by atoms with Crippen molar-refractivity contribution >= 4 is 11.8 Å². The monoisotopic (exact) mass is 269 g/mol. The van der Waals surface area contributed by atoms with Gasteiger partial charge >= 0.3 is 0 Å². The minimum absolute atomic E-state index is 0.561. The molecule has 2 heteroatoms. The minimum atomic E-state index is 0.561. The summed E-state index contributed by atoms with van der Waals surface area (Å²) < 4.78 is 0. The van der Waals surface area contributed by atoms with E-state index in [0.29, 0.717) is 17.5 Å². The van der Waals surface area contributed by atoms with Crippen LogP contribution in [0.4, 0.5) is 0 Å². The van der Waals surface area contributed by atoms with Gasteiger partial charge in [0.15, 0.2) is 0 Å². The van der Waals surface area contributed by atoms with Crippen LogP contribution in [-0.2, 0) is 0 Å². The number of thioether (sulfide) groups is 1. The first kappa shape index (κ1) is 12.8. The molecular weight excluding hydrogens is 250 g/mol. The van der Waals surface area contributed by atoms with E-state index in [-0.39, 0.29) is 0 Å². The molecule has 19 heavy (non-hydrogen) atoms. The highest BCUT2D eigenvalue weighted by atomic mass is 32.2. The lowest BCUT2D eigenvalue weighted by atomic mass is 10.1.